The van der Waals surface area contributed by atoms with Gasteiger partial charge in [0.1, 0.15) is 17.0 Å². The summed E-state index contributed by atoms with van der Waals surface area (Å²) in [6.07, 6.45) is 0.908. The third-order valence-electron chi connectivity index (χ3n) is 3.10. The molecule has 0 aliphatic rings. The van der Waals surface area contributed by atoms with E-state index in [0.717, 1.165) is 12.3 Å². The Bertz CT molecular complexity index is 950. The molecule has 3 aromatic rings. The van der Waals surface area contributed by atoms with E-state index in [2.05, 4.69) is 15.0 Å². The average Bonchev–Trinajstić information content (AvgIpc) is 2.49. The molecule has 0 aliphatic carbocycles. The standard InChI is InChI=1S/C15H7ClF2N4/c1-7-2-9(5-19)10-3-8(4-11(17)14(10)21-7)13-12(18)6-20-15(16)22-13/h2-4,6H,1H3. The summed E-state index contributed by atoms with van der Waals surface area (Å²) in [4.78, 5) is 11.4. The molecule has 0 bridgehead atoms. The molecule has 0 spiro atoms. The molecule has 0 saturated carbocycles. The van der Waals surface area contributed by atoms with Crippen molar-refractivity contribution in [3.8, 4) is 17.3 Å². The zero-order valence-corrected chi connectivity index (χ0v) is 12.0. The van der Waals surface area contributed by atoms with Gasteiger partial charge in [0.2, 0.25) is 5.28 Å². The number of halogens is 3. The number of nitriles is 1. The second-order valence-corrected chi connectivity index (χ2v) is 4.95. The molecule has 2 aromatic heterocycles. The summed E-state index contributed by atoms with van der Waals surface area (Å²) in [5, 5.41) is 9.33. The molecular formula is C15H7ClF2N4. The Morgan fingerprint density at radius 2 is 1.91 bits per heavy atom. The summed E-state index contributed by atoms with van der Waals surface area (Å²) in [7, 11) is 0. The zero-order valence-electron chi connectivity index (χ0n) is 11.2. The maximum atomic E-state index is 14.3. The van der Waals surface area contributed by atoms with E-state index in [1.165, 1.54) is 12.1 Å². The van der Waals surface area contributed by atoms with Crippen LogP contribution in [0, 0.1) is 29.9 Å². The Morgan fingerprint density at radius 3 is 2.64 bits per heavy atom. The lowest BCUT2D eigenvalue weighted by Crippen LogP contribution is -1.96. The van der Waals surface area contributed by atoms with Crippen LogP contribution in [0.5, 0.6) is 0 Å². The quantitative estimate of drug-likeness (QED) is 0.640. The van der Waals surface area contributed by atoms with Gasteiger partial charge in [-0.3, -0.25) is 0 Å². The Balaban J connectivity index is 2.36. The first-order valence-corrected chi connectivity index (χ1v) is 6.57. The van der Waals surface area contributed by atoms with E-state index >= 15 is 0 Å². The topological polar surface area (TPSA) is 62.5 Å². The van der Waals surface area contributed by atoms with E-state index < -0.39 is 11.6 Å². The van der Waals surface area contributed by atoms with Gasteiger partial charge >= 0.3 is 0 Å². The van der Waals surface area contributed by atoms with Crippen molar-refractivity contribution in [1.82, 2.24) is 15.0 Å². The van der Waals surface area contributed by atoms with Gasteiger partial charge in [-0.25, -0.2) is 23.7 Å². The van der Waals surface area contributed by atoms with Crippen LogP contribution in [0.25, 0.3) is 22.2 Å². The first-order chi connectivity index (χ1) is 10.5. The predicted molar refractivity (Wildman–Crippen MR) is 77.1 cm³/mol. The smallest absolute Gasteiger partial charge is 0.223 e. The second kappa shape index (κ2) is 5.28. The summed E-state index contributed by atoms with van der Waals surface area (Å²) in [5.41, 5.74) is 0.857. The van der Waals surface area contributed by atoms with Crippen LogP contribution in [0.2, 0.25) is 5.28 Å². The molecule has 0 atom stereocenters. The number of rotatable bonds is 1. The Labute approximate surface area is 129 Å². The summed E-state index contributed by atoms with van der Waals surface area (Å²) >= 11 is 5.66. The molecule has 0 aliphatic heterocycles. The second-order valence-electron chi connectivity index (χ2n) is 4.61. The summed E-state index contributed by atoms with van der Waals surface area (Å²) < 4.78 is 28.1. The fourth-order valence-corrected chi connectivity index (χ4v) is 2.32. The molecule has 0 fully saturated rings. The molecule has 0 unspecified atom stereocenters. The molecule has 3 rings (SSSR count). The van der Waals surface area contributed by atoms with Crippen molar-refractivity contribution < 1.29 is 8.78 Å². The lowest BCUT2D eigenvalue weighted by Gasteiger charge is -2.07. The molecule has 7 heteroatoms. The highest BCUT2D eigenvalue weighted by molar-refractivity contribution is 6.28. The molecule has 2 heterocycles. The zero-order chi connectivity index (χ0) is 15.9. The molecule has 108 valence electrons. The number of hydrogen-bond donors (Lipinski definition) is 0. The van der Waals surface area contributed by atoms with Crippen molar-refractivity contribution in [2.45, 2.75) is 6.92 Å². The van der Waals surface area contributed by atoms with E-state index in [4.69, 9.17) is 11.6 Å². The Kier molecular flexibility index (Phi) is 3.43. The fraction of sp³-hybridized carbons (Fsp3) is 0.0667. The number of benzene rings is 1. The van der Waals surface area contributed by atoms with Gasteiger partial charge in [-0.2, -0.15) is 5.26 Å². The maximum Gasteiger partial charge on any atom is 0.223 e. The highest BCUT2D eigenvalue weighted by Gasteiger charge is 2.15. The van der Waals surface area contributed by atoms with Crippen LogP contribution in [0.3, 0.4) is 0 Å². The highest BCUT2D eigenvalue weighted by atomic mass is 35.5. The van der Waals surface area contributed by atoms with Crippen molar-refractivity contribution in [1.29, 1.82) is 5.26 Å². The first kappa shape index (κ1) is 14.3. The van der Waals surface area contributed by atoms with Gasteiger partial charge in [-0.1, -0.05) is 0 Å². The first-order valence-electron chi connectivity index (χ1n) is 6.19. The van der Waals surface area contributed by atoms with Gasteiger partial charge in [-0.05, 0) is 36.7 Å². The number of aryl methyl sites for hydroxylation is 1. The van der Waals surface area contributed by atoms with Crippen molar-refractivity contribution in [2.75, 3.05) is 0 Å². The van der Waals surface area contributed by atoms with E-state index in [1.807, 2.05) is 6.07 Å². The van der Waals surface area contributed by atoms with Gasteiger partial charge in [0.25, 0.3) is 0 Å². The molecule has 1 aromatic carbocycles. The number of pyridine rings is 1. The largest absolute Gasteiger partial charge is 0.250 e. The van der Waals surface area contributed by atoms with E-state index in [0.29, 0.717) is 5.69 Å². The molecule has 22 heavy (non-hydrogen) atoms. The molecule has 0 saturated heterocycles. The number of hydrogen-bond acceptors (Lipinski definition) is 4. The molecular weight excluding hydrogens is 310 g/mol. The van der Waals surface area contributed by atoms with Crippen molar-refractivity contribution in [2.24, 2.45) is 0 Å². The molecule has 0 amide bonds. The monoisotopic (exact) mass is 316 g/mol. The third kappa shape index (κ3) is 2.36. The van der Waals surface area contributed by atoms with Crippen molar-refractivity contribution in [3.05, 3.63) is 52.6 Å². The average molecular weight is 317 g/mol. The Hall–Kier alpha value is -2.65. The minimum absolute atomic E-state index is 0.0564. The van der Waals surface area contributed by atoms with Gasteiger partial charge < -0.3 is 0 Å². The number of nitrogens with zero attached hydrogens (tertiary/aromatic N) is 4. The van der Waals surface area contributed by atoms with E-state index in [1.54, 1.807) is 6.92 Å². The molecule has 0 radical (unpaired) electrons. The van der Waals surface area contributed by atoms with E-state index in [-0.39, 0.29) is 33.0 Å². The highest BCUT2D eigenvalue weighted by Crippen LogP contribution is 2.29. The van der Waals surface area contributed by atoms with Crippen LogP contribution < -0.4 is 0 Å². The summed E-state index contributed by atoms with van der Waals surface area (Å²) in [6.45, 7) is 1.66. The normalized spacial score (nSPS) is 10.7. The Morgan fingerprint density at radius 1 is 1.14 bits per heavy atom. The SMILES string of the molecule is Cc1cc(C#N)c2cc(-c3nc(Cl)ncc3F)cc(F)c2n1. The van der Waals surface area contributed by atoms with Gasteiger partial charge in [0.05, 0.1) is 17.8 Å². The predicted octanol–water partition coefficient (Wildman–Crippen LogP) is 3.80. The lowest BCUT2D eigenvalue weighted by atomic mass is 10.0. The van der Waals surface area contributed by atoms with Gasteiger partial charge in [0.15, 0.2) is 5.82 Å². The molecule has 0 N–H and O–H groups in total. The van der Waals surface area contributed by atoms with Gasteiger partial charge in [0, 0.05) is 16.6 Å². The van der Waals surface area contributed by atoms with Crippen LogP contribution >= 0.6 is 11.6 Å². The minimum atomic E-state index is -0.735. The summed E-state index contributed by atoms with van der Waals surface area (Å²) in [5.74, 6) is -1.40. The minimum Gasteiger partial charge on any atom is -0.250 e. The van der Waals surface area contributed by atoms with Crippen LogP contribution in [0.1, 0.15) is 11.3 Å². The lowest BCUT2D eigenvalue weighted by molar-refractivity contribution is 0.616. The van der Waals surface area contributed by atoms with Crippen LogP contribution in [0.4, 0.5) is 8.78 Å². The maximum absolute atomic E-state index is 14.3. The van der Waals surface area contributed by atoms with E-state index in [9.17, 15) is 14.0 Å². The van der Waals surface area contributed by atoms with Crippen LogP contribution in [-0.2, 0) is 0 Å². The number of aromatic nitrogens is 3. The number of fused-ring (bicyclic) bond motifs is 1. The van der Waals surface area contributed by atoms with Crippen molar-refractivity contribution in [3.63, 3.8) is 0 Å². The molecule has 4 nitrogen and oxygen atoms in total. The fourth-order valence-electron chi connectivity index (χ4n) is 2.19. The van der Waals surface area contributed by atoms with Crippen molar-refractivity contribution >= 4 is 22.5 Å². The van der Waals surface area contributed by atoms with Crippen LogP contribution in [0.15, 0.2) is 24.4 Å². The van der Waals surface area contributed by atoms with Crippen LogP contribution in [-0.4, -0.2) is 15.0 Å². The van der Waals surface area contributed by atoms with Gasteiger partial charge in [-0.15, -0.1) is 0 Å². The third-order valence-corrected chi connectivity index (χ3v) is 3.29. The summed E-state index contributed by atoms with van der Waals surface area (Å²) in [6, 6.07) is 6.09.